The lowest BCUT2D eigenvalue weighted by atomic mass is 10.1. The van der Waals surface area contributed by atoms with E-state index in [1.807, 2.05) is 6.92 Å². The van der Waals surface area contributed by atoms with E-state index in [4.69, 9.17) is 23.2 Å². The second kappa shape index (κ2) is 5.30. The Kier molecular flexibility index (Phi) is 3.59. The van der Waals surface area contributed by atoms with Gasteiger partial charge >= 0.3 is 0 Å². The van der Waals surface area contributed by atoms with Crippen molar-refractivity contribution in [3.8, 4) is 5.75 Å². The fraction of sp³-hybridized carbons (Fsp3) is 0.125. The number of carbonyl (C=O) groups is 2. The first-order valence-electron chi connectivity index (χ1n) is 6.65. The lowest BCUT2D eigenvalue weighted by molar-refractivity contribution is 0.0925. The van der Waals surface area contributed by atoms with Crippen LogP contribution in [0.15, 0.2) is 30.3 Å². The minimum atomic E-state index is -0.507. The number of phenols is 1. The normalized spacial score (nSPS) is 13.7. The lowest BCUT2D eigenvalue weighted by Crippen LogP contribution is -2.29. The molecule has 1 N–H and O–H groups in total. The Balaban J connectivity index is 2.19. The van der Waals surface area contributed by atoms with Gasteiger partial charge in [0.15, 0.2) is 5.75 Å². The predicted molar refractivity (Wildman–Crippen MR) is 85.1 cm³/mol. The Hall–Kier alpha value is -2.04. The Morgan fingerprint density at radius 2 is 1.64 bits per heavy atom. The van der Waals surface area contributed by atoms with Crippen molar-refractivity contribution in [2.75, 3.05) is 4.90 Å². The lowest BCUT2D eigenvalue weighted by Gasteiger charge is -2.18. The molecule has 1 aliphatic rings. The zero-order valence-electron chi connectivity index (χ0n) is 11.6. The van der Waals surface area contributed by atoms with Gasteiger partial charge in [-0.3, -0.25) is 9.59 Å². The molecule has 0 unspecified atom stereocenters. The zero-order valence-corrected chi connectivity index (χ0v) is 13.1. The highest BCUT2D eigenvalue weighted by Crippen LogP contribution is 2.43. The molecular weight excluding hydrogens is 325 g/mol. The molecule has 0 saturated carbocycles. The third-order valence-corrected chi connectivity index (χ3v) is 4.40. The zero-order chi connectivity index (χ0) is 16.0. The fourth-order valence-electron chi connectivity index (χ4n) is 2.54. The van der Waals surface area contributed by atoms with Crippen LogP contribution in [0, 0.1) is 0 Å². The van der Waals surface area contributed by atoms with Crippen LogP contribution in [0.5, 0.6) is 5.75 Å². The number of rotatable bonds is 2. The minimum Gasteiger partial charge on any atom is -0.504 e. The molecule has 2 aromatic rings. The molecule has 0 radical (unpaired) electrons. The molecule has 0 spiro atoms. The van der Waals surface area contributed by atoms with Gasteiger partial charge < -0.3 is 5.11 Å². The van der Waals surface area contributed by atoms with Gasteiger partial charge in [0.25, 0.3) is 11.8 Å². The van der Waals surface area contributed by atoms with Crippen LogP contribution in [0.4, 0.5) is 5.69 Å². The molecule has 1 aliphatic heterocycles. The summed E-state index contributed by atoms with van der Waals surface area (Å²) in [5.41, 5.74) is 1.15. The first kappa shape index (κ1) is 14.9. The third kappa shape index (κ3) is 1.99. The average Bonchev–Trinajstić information content (AvgIpc) is 2.76. The van der Waals surface area contributed by atoms with Crippen LogP contribution in [0.2, 0.25) is 10.0 Å². The summed E-state index contributed by atoms with van der Waals surface area (Å²) in [6, 6.07) is 7.87. The van der Waals surface area contributed by atoms with Crippen LogP contribution >= 0.6 is 23.2 Å². The first-order chi connectivity index (χ1) is 10.5. The van der Waals surface area contributed by atoms with E-state index in [1.54, 1.807) is 24.3 Å². The average molecular weight is 336 g/mol. The molecule has 112 valence electrons. The molecule has 0 aromatic heterocycles. The van der Waals surface area contributed by atoms with E-state index < -0.39 is 11.8 Å². The van der Waals surface area contributed by atoms with Gasteiger partial charge in [0.1, 0.15) is 0 Å². The van der Waals surface area contributed by atoms with E-state index >= 15 is 0 Å². The van der Waals surface area contributed by atoms with Crippen molar-refractivity contribution >= 4 is 40.7 Å². The van der Waals surface area contributed by atoms with Crippen LogP contribution in [-0.2, 0) is 6.42 Å². The van der Waals surface area contributed by atoms with Crippen molar-refractivity contribution in [1.29, 1.82) is 0 Å². The van der Waals surface area contributed by atoms with Gasteiger partial charge in [0, 0.05) is 5.02 Å². The maximum absolute atomic E-state index is 12.4. The molecule has 6 heteroatoms. The SMILES string of the molecule is CCc1c(Cl)cc(N2C(=O)c3ccccc3C2=O)c(O)c1Cl. The van der Waals surface area contributed by atoms with Gasteiger partial charge in [-0.15, -0.1) is 0 Å². The maximum atomic E-state index is 12.4. The Labute approximate surface area is 136 Å². The second-order valence-electron chi connectivity index (χ2n) is 4.86. The smallest absolute Gasteiger partial charge is 0.266 e. The van der Waals surface area contributed by atoms with Crippen molar-refractivity contribution in [3.63, 3.8) is 0 Å². The van der Waals surface area contributed by atoms with Gasteiger partial charge in [-0.2, -0.15) is 0 Å². The predicted octanol–water partition coefficient (Wildman–Crippen LogP) is 4.06. The monoisotopic (exact) mass is 335 g/mol. The summed E-state index contributed by atoms with van der Waals surface area (Å²) in [6.45, 7) is 1.84. The van der Waals surface area contributed by atoms with Gasteiger partial charge in [-0.05, 0) is 30.2 Å². The quantitative estimate of drug-likeness (QED) is 0.842. The number of carbonyl (C=O) groups excluding carboxylic acids is 2. The topological polar surface area (TPSA) is 57.6 Å². The maximum Gasteiger partial charge on any atom is 0.266 e. The number of benzene rings is 2. The molecule has 4 nitrogen and oxygen atoms in total. The molecule has 3 rings (SSSR count). The molecule has 0 fully saturated rings. The van der Waals surface area contributed by atoms with E-state index in [1.165, 1.54) is 6.07 Å². The minimum absolute atomic E-state index is 0.00148. The number of amides is 2. The summed E-state index contributed by atoms with van der Waals surface area (Å²) in [6.07, 6.45) is 0.521. The van der Waals surface area contributed by atoms with E-state index in [2.05, 4.69) is 0 Å². The molecule has 2 aromatic carbocycles. The Bertz CT molecular complexity index is 782. The second-order valence-corrected chi connectivity index (χ2v) is 5.65. The highest BCUT2D eigenvalue weighted by Gasteiger charge is 2.38. The number of anilines is 1. The van der Waals surface area contributed by atoms with E-state index in [0.717, 1.165) is 4.90 Å². The Morgan fingerprint density at radius 3 is 2.14 bits per heavy atom. The van der Waals surface area contributed by atoms with Crippen LogP contribution in [0.25, 0.3) is 0 Å². The summed E-state index contributed by atoms with van der Waals surface area (Å²) >= 11 is 12.3. The number of nitrogens with zero attached hydrogens (tertiary/aromatic N) is 1. The fourth-order valence-corrected chi connectivity index (χ4v) is 3.25. The van der Waals surface area contributed by atoms with Gasteiger partial charge in [0.2, 0.25) is 0 Å². The molecular formula is C16H11Cl2NO3. The summed E-state index contributed by atoms with van der Waals surface area (Å²) in [5, 5.41) is 10.6. The molecule has 0 atom stereocenters. The number of aromatic hydroxyl groups is 1. The van der Waals surface area contributed by atoms with Gasteiger partial charge in [0.05, 0.1) is 21.8 Å². The number of phenolic OH excluding ortho intramolecular Hbond substituents is 1. The molecule has 22 heavy (non-hydrogen) atoms. The molecule has 2 amide bonds. The molecule has 0 saturated heterocycles. The van der Waals surface area contributed by atoms with Gasteiger partial charge in [-0.1, -0.05) is 42.3 Å². The summed E-state index contributed by atoms with van der Waals surface area (Å²) in [4.78, 5) is 25.8. The number of hydrogen-bond donors (Lipinski definition) is 1. The van der Waals surface area contributed by atoms with Crippen molar-refractivity contribution in [2.45, 2.75) is 13.3 Å². The standard InChI is InChI=1S/C16H11Cl2NO3/c1-2-8-11(17)7-12(14(20)13(8)18)19-15(21)9-5-3-4-6-10(9)16(19)22/h3-7,20H,2H2,1H3. The van der Waals surface area contributed by atoms with Crippen molar-refractivity contribution < 1.29 is 14.7 Å². The highest BCUT2D eigenvalue weighted by molar-refractivity contribution is 6.40. The van der Waals surface area contributed by atoms with Crippen LogP contribution in [0.1, 0.15) is 33.2 Å². The highest BCUT2D eigenvalue weighted by atomic mass is 35.5. The number of halogens is 2. The molecule has 0 aliphatic carbocycles. The number of imide groups is 1. The van der Waals surface area contributed by atoms with E-state index in [0.29, 0.717) is 28.1 Å². The van der Waals surface area contributed by atoms with Crippen LogP contribution in [0.3, 0.4) is 0 Å². The number of fused-ring (bicyclic) bond motifs is 1. The summed E-state index contributed by atoms with van der Waals surface area (Å²) < 4.78 is 0. The van der Waals surface area contributed by atoms with Crippen molar-refractivity contribution in [3.05, 3.63) is 57.1 Å². The summed E-state index contributed by atoms with van der Waals surface area (Å²) in [5.74, 6) is -1.34. The van der Waals surface area contributed by atoms with Crippen LogP contribution in [-0.4, -0.2) is 16.9 Å². The van der Waals surface area contributed by atoms with Gasteiger partial charge in [-0.25, -0.2) is 4.90 Å². The number of hydrogen-bond acceptors (Lipinski definition) is 3. The van der Waals surface area contributed by atoms with Crippen molar-refractivity contribution in [1.82, 2.24) is 0 Å². The summed E-state index contributed by atoms with van der Waals surface area (Å²) in [7, 11) is 0. The van der Waals surface area contributed by atoms with E-state index in [9.17, 15) is 14.7 Å². The third-order valence-electron chi connectivity index (χ3n) is 3.66. The van der Waals surface area contributed by atoms with E-state index in [-0.39, 0.29) is 16.5 Å². The molecule has 1 heterocycles. The van der Waals surface area contributed by atoms with Crippen LogP contribution < -0.4 is 4.90 Å². The van der Waals surface area contributed by atoms with Crippen molar-refractivity contribution in [2.24, 2.45) is 0 Å². The largest absolute Gasteiger partial charge is 0.504 e. The molecule has 0 bridgehead atoms. The first-order valence-corrected chi connectivity index (χ1v) is 7.40. The Morgan fingerprint density at radius 1 is 1.09 bits per heavy atom.